The number of benzene rings is 3. The maximum absolute atomic E-state index is 15.0. The maximum Gasteiger partial charge on any atom is 0.341 e. The molecule has 0 spiro atoms. The van der Waals surface area contributed by atoms with E-state index >= 15 is 0 Å². The standard InChI is InChI=1S/C22H17FN2O4/c23-15-9-10-17(29-12-18(26)27)20-19-14(22(24)28)7-4-8-16(19)25(21(15)20)11-13-5-2-1-3-6-13/h1-10H,11-12H2,(H2,24,28)(H,26,27). The van der Waals surface area contributed by atoms with E-state index in [0.717, 1.165) is 5.56 Å². The quantitative estimate of drug-likeness (QED) is 0.525. The summed E-state index contributed by atoms with van der Waals surface area (Å²) >= 11 is 0. The lowest BCUT2D eigenvalue weighted by molar-refractivity contribution is -0.139. The van der Waals surface area contributed by atoms with Crippen LogP contribution in [0.1, 0.15) is 15.9 Å². The van der Waals surface area contributed by atoms with Crippen LogP contribution < -0.4 is 10.5 Å². The molecule has 6 nitrogen and oxygen atoms in total. The molecule has 0 aliphatic carbocycles. The minimum atomic E-state index is -1.16. The fraction of sp³-hybridized carbons (Fsp3) is 0.0909. The van der Waals surface area contributed by atoms with Crippen molar-refractivity contribution >= 4 is 33.7 Å². The van der Waals surface area contributed by atoms with E-state index < -0.39 is 24.3 Å². The van der Waals surface area contributed by atoms with Crippen LogP contribution >= 0.6 is 0 Å². The van der Waals surface area contributed by atoms with Crippen LogP contribution in [0.3, 0.4) is 0 Å². The molecule has 0 bridgehead atoms. The van der Waals surface area contributed by atoms with Gasteiger partial charge in [-0.3, -0.25) is 4.79 Å². The van der Waals surface area contributed by atoms with Crippen LogP contribution in [0.2, 0.25) is 0 Å². The number of rotatable bonds is 6. The average molecular weight is 392 g/mol. The molecule has 0 unspecified atom stereocenters. The van der Waals surface area contributed by atoms with Crippen molar-refractivity contribution in [2.75, 3.05) is 6.61 Å². The average Bonchev–Trinajstić information content (AvgIpc) is 3.03. The summed E-state index contributed by atoms with van der Waals surface area (Å²) in [4.78, 5) is 23.1. The Morgan fingerprint density at radius 1 is 1.00 bits per heavy atom. The number of carbonyl (C=O) groups is 2. The Hall–Kier alpha value is -3.87. The Morgan fingerprint density at radius 3 is 2.45 bits per heavy atom. The third kappa shape index (κ3) is 3.27. The van der Waals surface area contributed by atoms with Crippen molar-refractivity contribution in [3.8, 4) is 5.75 Å². The SMILES string of the molecule is NC(=O)c1cccc2c1c1c(OCC(=O)O)ccc(F)c1n2Cc1ccccc1. The molecular weight excluding hydrogens is 375 g/mol. The lowest BCUT2D eigenvalue weighted by Crippen LogP contribution is -2.11. The first-order valence-corrected chi connectivity index (χ1v) is 8.89. The van der Waals surface area contributed by atoms with E-state index in [1.54, 1.807) is 22.8 Å². The molecule has 1 amide bonds. The van der Waals surface area contributed by atoms with Crippen LogP contribution in [-0.2, 0) is 11.3 Å². The number of aromatic nitrogens is 1. The number of primary amides is 1. The number of amides is 1. The molecular formula is C22H17FN2O4. The first-order chi connectivity index (χ1) is 14.0. The van der Waals surface area contributed by atoms with Gasteiger partial charge in [-0.1, -0.05) is 36.4 Å². The van der Waals surface area contributed by atoms with Crippen LogP contribution in [-0.4, -0.2) is 28.2 Å². The second-order valence-corrected chi connectivity index (χ2v) is 6.59. The van der Waals surface area contributed by atoms with Crippen molar-refractivity contribution in [2.24, 2.45) is 5.73 Å². The van der Waals surface area contributed by atoms with Gasteiger partial charge in [0, 0.05) is 17.5 Å². The van der Waals surface area contributed by atoms with Crippen LogP contribution in [0.15, 0.2) is 60.7 Å². The van der Waals surface area contributed by atoms with E-state index in [-0.39, 0.29) is 16.8 Å². The molecule has 3 N–H and O–H groups in total. The van der Waals surface area contributed by atoms with Gasteiger partial charge >= 0.3 is 5.97 Å². The van der Waals surface area contributed by atoms with Crippen LogP contribution in [0.25, 0.3) is 21.8 Å². The van der Waals surface area contributed by atoms with Gasteiger partial charge in [-0.25, -0.2) is 9.18 Å². The van der Waals surface area contributed by atoms with Gasteiger partial charge in [0.25, 0.3) is 0 Å². The second kappa shape index (κ2) is 7.27. The largest absolute Gasteiger partial charge is 0.481 e. The normalized spacial score (nSPS) is 11.1. The van der Waals surface area contributed by atoms with Gasteiger partial charge in [0.15, 0.2) is 6.61 Å². The minimum absolute atomic E-state index is 0.175. The molecule has 0 aliphatic heterocycles. The topological polar surface area (TPSA) is 94.6 Å². The molecule has 1 heterocycles. The highest BCUT2D eigenvalue weighted by Gasteiger charge is 2.22. The molecule has 0 fully saturated rings. The molecule has 0 atom stereocenters. The van der Waals surface area contributed by atoms with Crippen molar-refractivity contribution in [3.63, 3.8) is 0 Å². The molecule has 0 aliphatic rings. The number of carbonyl (C=O) groups excluding carboxylic acids is 1. The summed E-state index contributed by atoms with van der Waals surface area (Å²) in [5, 5.41) is 9.74. The predicted octanol–water partition coefficient (Wildman–Crippen LogP) is 3.54. The molecule has 7 heteroatoms. The van der Waals surface area contributed by atoms with Gasteiger partial charge in [0.2, 0.25) is 5.91 Å². The number of hydrogen-bond acceptors (Lipinski definition) is 3. The number of carboxylic acid groups (broad SMARTS) is 1. The van der Waals surface area contributed by atoms with Gasteiger partial charge in [0.1, 0.15) is 11.6 Å². The fourth-order valence-corrected chi connectivity index (χ4v) is 3.60. The monoisotopic (exact) mass is 392 g/mol. The summed E-state index contributed by atoms with van der Waals surface area (Å²) in [5.74, 6) is -2.16. The van der Waals surface area contributed by atoms with Crippen molar-refractivity contribution < 1.29 is 23.8 Å². The Kier molecular flexibility index (Phi) is 4.64. The predicted molar refractivity (Wildman–Crippen MR) is 107 cm³/mol. The fourth-order valence-electron chi connectivity index (χ4n) is 3.60. The third-order valence-electron chi connectivity index (χ3n) is 4.74. The zero-order chi connectivity index (χ0) is 20.5. The Morgan fingerprint density at radius 2 is 1.76 bits per heavy atom. The summed E-state index contributed by atoms with van der Waals surface area (Å²) in [6, 6.07) is 17.1. The third-order valence-corrected chi connectivity index (χ3v) is 4.74. The molecule has 29 heavy (non-hydrogen) atoms. The highest BCUT2D eigenvalue weighted by Crippen LogP contribution is 2.39. The van der Waals surface area contributed by atoms with Crippen LogP contribution in [0.5, 0.6) is 5.75 Å². The number of halogens is 1. The van der Waals surface area contributed by atoms with E-state index in [1.165, 1.54) is 12.1 Å². The van der Waals surface area contributed by atoms with E-state index in [2.05, 4.69) is 0 Å². The van der Waals surface area contributed by atoms with Gasteiger partial charge in [-0.2, -0.15) is 0 Å². The number of carboxylic acids is 1. The number of fused-ring (bicyclic) bond motifs is 3. The second-order valence-electron chi connectivity index (χ2n) is 6.59. The van der Waals surface area contributed by atoms with E-state index in [0.29, 0.717) is 22.8 Å². The van der Waals surface area contributed by atoms with Gasteiger partial charge < -0.3 is 20.1 Å². The summed E-state index contributed by atoms with van der Waals surface area (Å²) < 4.78 is 22.1. The lowest BCUT2D eigenvalue weighted by atomic mass is 10.1. The number of nitrogens with zero attached hydrogens (tertiary/aromatic N) is 1. The molecule has 4 rings (SSSR count). The molecule has 1 aromatic heterocycles. The molecule has 0 saturated heterocycles. The summed E-state index contributed by atoms with van der Waals surface area (Å²) in [6.45, 7) is -0.243. The summed E-state index contributed by atoms with van der Waals surface area (Å²) in [7, 11) is 0. The molecule has 4 aromatic rings. The Balaban J connectivity index is 2.08. The first-order valence-electron chi connectivity index (χ1n) is 8.89. The van der Waals surface area contributed by atoms with Crippen molar-refractivity contribution in [1.29, 1.82) is 0 Å². The Bertz CT molecular complexity index is 1250. The van der Waals surface area contributed by atoms with Gasteiger partial charge in [0.05, 0.1) is 16.4 Å². The van der Waals surface area contributed by atoms with Crippen molar-refractivity contribution in [2.45, 2.75) is 6.54 Å². The number of aliphatic carboxylic acids is 1. The maximum atomic E-state index is 15.0. The minimum Gasteiger partial charge on any atom is -0.481 e. The lowest BCUT2D eigenvalue weighted by Gasteiger charge is -2.10. The van der Waals surface area contributed by atoms with Gasteiger partial charge in [-0.05, 0) is 29.8 Å². The van der Waals surface area contributed by atoms with Crippen LogP contribution in [0.4, 0.5) is 4.39 Å². The molecule has 0 radical (unpaired) electrons. The van der Waals surface area contributed by atoms with E-state index in [4.69, 9.17) is 15.6 Å². The highest BCUT2D eigenvalue weighted by atomic mass is 19.1. The zero-order valence-electron chi connectivity index (χ0n) is 15.3. The van der Waals surface area contributed by atoms with E-state index in [1.807, 2.05) is 30.3 Å². The first kappa shape index (κ1) is 18.5. The number of ether oxygens (including phenoxy) is 1. The zero-order valence-corrected chi connectivity index (χ0v) is 15.3. The van der Waals surface area contributed by atoms with Crippen LogP contribution in [0, 0.1) is 5.82 Å². The summed E-state index contributed by atoms with van der Waals surface area (Å²) in [6.07, 6.45) is 0. The molecule has 146 valence electrons. The summed E-state index contributed by atoms with van der Waals surface area (Å²) in [5.41, 5.74) is 7.54. The van der Waals surface area contributed by atoms with E-state index in [9.17, 15) is 14.0 Å². The van der Waals surface area contributed by atoms with Gasteiger partial charge in [-0.15, -0.1) is 0 Å². The molecule has 3 aromatic carbocycles. The molecule has 0 saturated carbocycles. The number of hydrogen-bond donors (Lipinski definition) is 2. The van der Waals surface area contributed by atoms with Crippen molar-refractivity contribution in [3.05, 3.63) is 77.6 Å². The Labute approximate surface area is 164 Å². The van der Waals surface area contributed by atoms with Crippen molar-refractivity contribution in [1.82, 2.24) is 4.57 Å². The smallest absolute Gasteiger partial charge is 0.341 e. The number of nitrogens with two attached hydrogens (primary N) is 1. The highest BCUT2D eigenvalue weighted by molar-refractivity contribution is 6.19.